The Kier molecular flexibility index (Phi) is 5.90. The van der Waals surface area contributed by atoms with Gasteiger partial charge in [0.05, 0.1) is 18.9 Å². The molecule has 1 aliphatic heterocycles. The van der Waals surface area contributed by atoms with E-state index in [4.69, 9.17) is 21.3 Å². The van der Waals surface area contributed by atoms with E-state index < -0.39 is 6.09 Å². The van der Waals surface area contributed by atoms with E-state index in [2.05, 4.69) is 28.8 Å². The zero-order valence-electron chi connectivity index (χ0n) is 14.5. The van der Waals surface area contributed by atoms with Crippen molar-refractivity contribution in [2.45, 2.75) is 20.3 Å². The summed E-state index contributed by atoms with van der Waals surface area (Å²) in [6.45, 7) is 4.43. The monoisotopic (exact) mass is 390 g/mol. The Morgan fingerprint density at radius 1 is 1.31 bits per heavy atom. The molecule has 0 unspecified atom stereocenters. The van der Waals surface area contributed by atoms with E-state index in [0.29, 0.717) is 17.5 Å². The Balaban J connectivity index is 1.95. The topological polar surface area (TPSA) is 75.1 Å². The van der Waals surface area contributed by atoms with Crippen LogP contribution in [-0.4, -0.2) is 30.8 Å². The lowest BCUT2D eigenvalue weighted by atomic mass is 10.0. The van der Waals surface area contributed by atoms with Crippen molar-refractivity contribution in [2.75, 3.05) is 13.2 Å². The third-order valence-electron chi connectivity index (χ3n) is 3.70. The SMILES string of the molecule is CCOC(=O)NNC1=Nc2sc(CC)cc2C(c2ccccc2Cl)=NC1. The molecule has 1 aromatic heterocycles. The van der Waals surface area contributed by atoms with Crippen LogP contribution in [0.5, 0.6) is 0 Å². The lowest BCUT2D eigenvalue weighted by Gasteiger charge is -2.08. The fraction of sp³-hybridized carbons (Fsp3) is 0.278. The summed E-state index contributed by atoms with van der Waals surface area (Å²) in [5.74, 6) is 0.533. The van der Waals surface area contributed by atoms with Gasteiger partial charge in [-0.25, -0.2) is 15.2 Å². The highest BCUT2D eigenvalue weighted by Crippen LogP contribution is 2.35. The minimum Gasteiger partial charge on any atom is -0.449 e. The summed E-state index contributed by atoms with van der Waals surface area (Å²) in [6.07, 6.45) is 0.350. The van der Waals surface area contributed by atoms with Crippen LogP contribution in [0.3, 0.4) is 0 Å². The second-order valence-corrected chi connectivity index (χ2v) is 6.98. The molecule has 1 aromatic carbocycles. The van der Waals surface area contributed by atoms with Gasteiger partial charge in [-0.2, -0.15) is 0 Å². The van der Waals surface area contributed by atoms with Crippen molar-refractivity contribution in [3.05, 3.63) is 51.4 Å². The quantitative estimate of drug-likeness (QED) is 0.775. The van der Waals surface area contributed by atoms with E-state index >= 15 is 0 Å². The molecule has 1 aliphatic rings. The van der Waals surface area contributed by atoms with Gasteiger partial charge in [0.25, 0.3) is 0 Å². The third kappa shape index (κ3) is 4.05. The zero-order valence-corrected chi connectivity index (χ0v) is 16.1. The number of benzene rings is 1. The van der Waals surface area contributed by atoms with Crippen LogP contribution in [0.15, 0.2) is 40.3 Å². The highest BCUT2D eigenvalue weighted by Gasteiger charge is 2.21. The van der Waals surface area contributed by atoms with Crippen molar-refractivity contribution >= 4 is 45.6 Å². The van der Waals surface area contributed by atoms with Crippen LogP contribution < -0.4 is 10.9 Å². The summed E-state index contributed by atoms with van der Waals surface area (Å²) < 4.78 is 4.84. The number of carbonyl (C=O) groups excluding carboxylic acids is 1. The summed E-state index contributed by atoms with van der Waals surface area (Å²) >= 11 is 7.99. The number of carbonyl (C=O) groups is 1. The molecular formula is C18H19ClN4O2S. The molecule has 2 aromatic rings. The lowest BCUT2D eigenvalue weighted by Crippen LogP contribution is -2.43. The predicted octanol–water partition coefficient (Wildman–Crippen LogP) is 4.10. The molecular weight excluding hydrogens is 372 g/mol. The van der Waals surface area contributed by atoms with Crippen molar-refractivity contribution < 1.29 is 9.53 Å². The Morgan fingerprint density at radius 2 is 2.12 bits per heavy atom. The van der Waals surface area contributed by atoms with Gasteiger partial charge >= 0.3 is 6.09 Å². The van der Waals surface area contributed by atoms with Gasteiger partial charge in [0.2, 0.25) is 0 Å². The smallest absolute Gasteiger partial charge is 0.425 e. The van der Waals surface area contributed by atoms with E-state index in [1.54, 1.807) is 18.3 Å². The van der Waals surface area contributed by atoms with E-state index in [1.165, 1.54) is 4.88 Å². The van der Waals surface area contributed by atoms with Crippen LogP contribution in [-0.2, 0) is 11.2 Å². The third-order valence-corrected chi connectivity index (χ3v) is 5.21. The maximum Gasteiger partial charge on any atom is 0.425 e. The van der Waals surface area contributed by atoms with Gasteiger partial charge < -0.3 is 4.74 Å². The Bertz CT molecular complexity index is 876. The summed E-state index contributed by atoms with van der Waals surface area (Å²) in [5, 5.41) is 1.48. The number of aliphatic imine (C=N–C) groups is 2. The van der Waals surface area contributed by atoms with Crippen molar-refractivity contribution in [3.8, 4) is 0 Å². The average Bonchev–Trinajstić information content (AvgIpc) is 2.96. The number of hydrogen-bond acceptors (Lipinski definition) is 6. The standard InChI is InChI=1S/C18H19ClN4O2S/c1-3-11-9-13-16(12-7-5-6-8-14(12)19)20-10-15(21-17(13)26-11)22-23-18(24)25-4-2/h5-9H,3-4,10H2,1-2H3,(H,21,22)(H,23,24). The number of nitrogens with zero attached hydrogens (tertiary/aromatic N) is 2. The molecule has 1 amide bonds. The predicted molar refractivity (Wildman–Crippen MR) is 106 cm³/mol. The maximum atomic E-state index is 11.5. The maximum absolute atomic E-state index is 11.5. The number of fused-ring (bicyclic) bond motifs is 1. The summed E-state index contributed by atoms with van der Waals surface area (Å²) in [4.78, 5) is 22.0. The van der Waals surface area contributed by atoms with Crippen LogP contribution >= 0.6 is 22.9 Å². The molecule has 0 fully saturated rings. The molecule has 136 valence electrons. The van der Waals surface area contributed by atoms with Crippen LogP contribution in [0.25, 0.3) is 0 Å². The Labute approximate surface area is 160 Å². The highest BCUT2D eigenvalue weighted by atomic mass is 35.5. The Hall–Kier alpha value is -2.38. The number of rotatable bonds is 3. The fourth-order valence-electron chi connectivity index (χ4n) is 2.50. The van der Waals surface area contributed by atoms with Crippen LogP contribution in [0, 0.1) is 0 Å². The minimum absolute atomic E-state index is 0.288. The molecule has 0 aliphatic carbocycles. The molecule has 8 heteroatoms. The minimum atomic E-state index is -0.560. The van der Waals surface area contributed by atoms with E-state index in [9.17, 15) is 4.79 Å². The van der Waals surface area contributed by atoms with Crippen molar-refractivity contribution in [3.63, 3.8) is 0 Å². The number of nitrogens with one attached hydrogen (secondary N) is 2. The van der Waals surface area contributed by atoms with E-state index in [-0.39, 0.29) is 6.54 Å². The number of amidine groups is 1. The van der Waals surface area contributed by atoms with Gasteiger partial charge in [-0.3, -0.25) is 10.4 Å². The van der Waals surface area contributed by atoms with Crippen LogP contribution in [0.2, 0.25) is 5.02 Å². The fourth-order valence-corrected chi connectivity index (χ4v) is 3.71. The van der Waals surface area contributed by atoms with Crippen LogP contribution in [0.1, 0.15) is 29.9 Å². The summed E-state index contributed by atoms with van der Waals surface area (Å²) in [5.41, 5.74) is 7.88. The van der Waals surface area contributed by atoms with Crippen molar-refractivity contribution in [2.24, 2.45) is 9.98 Å². The van der Waals surface area contributed by atoms with Gasteiger partial charge in [0.15, 0.2) is 0 Å². The molecule has 2 heterocycles. The number of amides is 1. The van der Waals surface area contributed by atoms with E-state index in [0.717, 1.165) is 28.3 Å². The number of ether oxygens (including phenoxy) is 1. The average molecular weight is 391 g/mol. The zero-order chi connectivity index (χ0) is 18.5. The lowest BCUT2D eigenvalue weighted by molar-refractivity contribution is 0.150. The highest BCUT2D eigenvalue weighted by molar-refractivity contribution is 7.16. The van der Waals surface area contributed by atoms with E-state index in [1.807, 2.05) is 24.3 Å². The molecule has 2 N–H and O–H groups in total. The first-order chi connectivity index (χ1) is 12.6. The molecule has 3 rings (SSSR count). The first-order valence-electron chi connectivity index (χ1n) is 8.31. The number of halogens is 1. The molecule has 0 radical (unpaired) electrons. The number of aryl methyl sites for hydroxylation is 1. The van der Waals surface area contributed by atoms with Crippen molar-refractivity contribution in [1.82, 2.24) is 10.9 Å². The second-order valence-electron chi connectivity index (χ2n) is 5.46. The van der Waals surface area contributed by atoms with Gasteiger partial charge in [0.1, 0.15) is 10.8 Å². The molecule has 0 spiro atoms. The number of hydrogen-bond donors (Lipinski definition) is 2. The molecule has 0 saturated heterocycles. The molecule has 26 heavy (non-hydrogen) atoms. The Morgan fingerprint density at radius 3 is 2.85 bits per heavy atom. The molecule has 6 nitrogen and oxygen atoms in total. The largest absolute Gasteiger partial charge is 0.449 e. The molecule has 0 saturated carbocycles. The van der Waals surface area contributed by atoms with Gasteiger partial charge in [-0.15, -0.1) is 11.3 Å². The van der Waals surface area contributed by atoms with Crippen LogP contribution in [0.4, 0.5) is 9.80 Å². The van der Waals surface area contributed by atoms with Crippen molar-refractivity contribution in [1.29, 1.82) is 0 Å². The van der Waals surface area contributed by atoms with Gasteiger partial charge in [0, 0.05) is 21.0 Å². The summed E-state index contributed by atoms with van der Waals surface area (Å²) in [7, 11) is 0. The summed E-state index contributed by atoms with van der Waals surface area (Å²) in [6, 6.07) is 9.72. The van der Waals surface area contributed by atoms with Gasteiger partial charge in [-0.1, -0.05) is 36.7 Å². The molecule has 0 atom stereocenters. The number of hydrazine groups is 1. The normalized spacial score (nSPS) is 13.2. The molecule has 0 bridgehead atoms. The van der Waals surface area contributed by atoms with Gasteiger partial charge in [-0.05, 0) is 25.5 Å². The second kappa shape index (κ2) is 8.33. The first-order valence-corrected chi connectivity index (χ1v) is 9.50. The number of thiophene rings is 1. The first kappa shape index (κ1) is 18.4.